The second kappa shape index (κ2) is 4.47. The first kappa shape index (κ1) is 12.4. The van der Waals surface area contributed by atoms with Gasteiger partial charge in [-0.2, -0.15) is 5.10 Å². The Labute approximate surface area is 118 Å². The van der Waals surface area contributed by atoms with E-state index in [-0.39, 0.29) is 5.56 Å². The van der Waals surface area contributed by atoms with Crippen molar-refractivity contribution in [2.45, 2.75) is 20.5 Å². The largest absolute Gasteiger partial charge is 0.278 e. The molecular weight excluding hydrogens is 284 g/mol. The van der Waals surface area contributed by atoms with Gasteiger partial charge < -0.3 is 0 Å². The van der Waals surface area contributed by atoms with Crippen LogP contribution in [0.5, 0.6) is 0 Å². The zero-order valence-corrected chi connectivity index (χ0v) is 12.0. The maximum atomic E-state index is 12.4. The van der Waals surface area contributed by atoms with Crippen LogP contribution in [0.25, 0.3) is 10.2 Å². The highest BCUT2D eigenvalue weighted by Crippen LogP contribution is 2.25. The van der Waals surface area contributed by atoms with Gasteiger partial charge in [-0.3, -0.25) is 14.0 Å². The molecule has 0 aliphatic carbocycles. The van der Waals surface area contributed by atoms with Gasteiger partial charge in [0, 0.05) is 11.1 Å². The van der Waals surface area contributed by atoms with E-state index in [0.29, 0.717) is 17.1 Å². The van der Waals surface area contributed by atoms with E-state index in [2.05, 4.69) is 10.1 Å². The predicted molar refractivity (Wildman–Crippen MR) is 76.0 cm³/mol. The van der Waals surface area contributed by atoms with Gasteiger partial charge in [0.2, 0.25) is 0 Å². The Hall–Kier alpha value is -1.66. The number of aromatic nitrogens is 4. The van der Waals surface area contributed by atoms with Crippen molar-refractivity contribution in [1.29, 1.82) is 0 Å². The van der Waals surface area contributed by atoms with Crippen molar-refractivity contribution in [3.63, 3.8) is 0 Å². The van der Waals surface area contributed by atoms with Gasteiger partial charge in [-0.1, -0.05) is 11.6 Å². The number of rotatable bonds is 2. The first-order valence-electron chi connectivity index (χ1n) is 5.69. The molecule has 3 heterocycles. The molecule has 0 amide bonds. The lowest BCUT2D eigenvalue weighted by Crippen LogP contribution is -2.24. The summed E-state index contributed by atoms with van der Waals surface area (Å²) in [7, 11) is 0. The highest BCUT2D eigenvalue weighted by Gasteiger charge is 2.12. The average Bonchev–Trinajstić information content (AvgIpc) is 2.89. The van der Waals surface area contributed by atoms with Crippen LogP contribution < -0.4 is 5.56 Å². The minimum Gasteiger partial charge on any atom is -0.278 e. The molecule has 0 N–H and O–H groups in total. The molecule has 0 saturated heterocycles. The standard InChI is InChI=1S/C12H11ClN4OS/c1-7-8(2)19-11-10(7)12(18)16(5-14-11)6-17-4-9(13)3-15-17/h3-5H,6H2,1-2H3. The lowest BCUT2D eigenvalue weighted by atomic mass is 10.2. The van der Waals surface area contributed by atoms with E-state index in [9.17, 15) is 4.79 Å². The Bertz CT molecular complexity index is 817. The Balaban J connectivity index is 2.12. The van der Waals surface area contributed by atoms with E-state index in [0.717, 1.165) is 15.3 Å². The molecule has 0 atom stereocenters. The summed E-state index contributed by atoms with van der Waals surface area (Å²) < 4.78 is 3.14. The van der Waals surface area contributed by atoms with Crippen LogP contribution in [0.15, 0.2) is 23.5 Å². The van der Waals surface area contributed by atoms with Gasteiger partial charge in [-0.25, -0.2) is 4.98 Å². The van der Waals surface area contributed by atoms with Gasteiger partial charge in [-0.15, -0.1) is 11.3 Å². The molecular formula is C12H11ClN4OS. The number of fused-ring (bicyclic) bond motifs is 1. The van der Waals surface area contributed by atoms with E-state index in [1.807, 2.05) is 13.8 Å². The predicted octanol–water partition coefficient (Wildman–Crippen LogP) is 2.43. The molecule has 0 fully saturated rings. The van der Waals surface area contributed by atoms with Crippen LogP contribution in [-0.2, 0) is 6.67 Å². The summed E-state index contributed by atoms with van der Waals surface area (Å²) in [4.78, 5) is 18.7. The minimum absolute atomic E-state index is 0.0431. The molecule has 3 aromatic rings. The third-order valence-electron chi connectivity index (χ3n) is 3.05. The van der Waals surface area contributed by atoms with Crippen molar-refractivity contribution in [2.75, 3.05) is 0 Å². The fourth-order valence-electron chi connectivity index (χ4n) is 1.94. The molecule has 3 aromatic heterocycles. The van der Waals surface area contributed by atoms with Crippen LogP contribution in [0.3, 0.4) is 0 Å². The minimum atomic E-state index is -0.0431. The molecule has 0 spiro atoms. The van der Waals surface area contributed by atoms with E-state index >= 15 is 0 Å². The van der Waals surface area contributed by atoms with Gasteiger partial charge in [-0.05, 0) is 19.4 Å². The molecule has 0 unspecified atom stereocenters. The SMILES string of the molecule is Cc1sc2ncn(Cn3cc(Cl)cn3)c(=O)c2c1C. The first-order valence-corrected chi connectivity index (χ1v) is 6.89. The fraction of sp³-hybridized carbons (Fsp3) is 0.250. The molecule has 19 heavy (non-hydrogen) atoms. The fourth-order valence-corrected chi connectivity index (χ4v) is 3.09. The Morgan fingerprint density at radius 1 is 1.42 bits per heavy atom. The summed E-state index contributed by atoms with van der Waals surface area (Å²) in [6.45, 7) is 4.26. The molecule has 98 valence electrons. The number of aryl methyl sites for hydroxylation is 2. The summed E-state index contributed by atoms with van der Waals surface area (Å²) in [5, 5.41) is 5.30. The molecule has 5 nitrogen and oxygen atoms in total. The molecule has 0 aliphatic heterocycles. The smallest absolute Gasteiger partial charge is 0.263 e. The van der Waals surface area contributed by atoms with Crippen LogP contribution >= 0.6 is 22.9 Å². The topological polar surface area (TPSA) is 52.7 Å². The molecule has 3 rings (SSSR count). The highest BCUT2D eigenvalue weighted by atomic mass is 35.5. The van der Waals surface area contributed by atoms with E-state index in [1.165, 1.54) is 4.57 Å². The maximum absolute atomic E-state index is 12.4. The number of hydrogen-bond acceptors (Lipinski definition) is 4. The Morgan fingerprint density at radius 3 is 2.89 bits per heavy atom. The molecule has 0 bridgehead atoms. The van der Waals surface area contributed by atoms with E-state index in [1.54, 1.807) is 34.7 Å². The molecule has 7 heteroatoms. The number of nitrogens with zero attached hydrogens (tertiary/aromatic N) is 4. The van der Waals surface area contributed by atoms with Crippen LogP contribution in [0.2, 0.25) is 5.02 Å². The monoisotopic (exact) mass is 294 g/mol. The summed E-state index contributed by atoms with van der Waals surface area (Å²) in [5.74, 6) is 0. The van der Waals surface area contributed by atoms with Crippen LogP contribution in [0.4, 0.5) is 0 Å². The number of halogens is 1. The third-order valence-corrected chi connectivity index (χ3v) is 4.37. The molecule has 0 saturated carbocycles. The summed E-state index contributed by atoms with van der Waals surface area (Å²) in [5.41, 5.74) is 0.962. The normalized spacial score (nSPS) is 11.3. The van der Waals surface area contributed by atoms with Crippen LogP contribution in [0, 0.1) is 13.8 Å². The second-order valence-electron chi connectivity index (χ2n) is 4.32. The van der Waals surface area contributed by atoms with E-state index in [4.69, 9.17) is 11.6 Å². The maximum Gasteiger partial charge on any atom is 0.263 e. The second-order valence-corrected chi connectivity index (χ2v) is 5.96. The van der Waals surface area contributed by atoms with Gasteiger partial charge >= 0.3 is 0 Å². The molecule has 0 radical (unpaired) electrons. The van der Waals surface area contributed by atoms with Crippen molar-refractivity contribution in [2.24, 2.45) is 0 Å². The summed E-state index contributed by atoms with van der Waals surface area (Å²) >= 11 is 7.35. The Morgan fingerprint density at radius 2 is 2.21 bits per heavy atom. The van der Waals surface area contributed by atoms with Crippen molar-refractivity contribution in [3.8, 4) is 0 Å². The van der Waals surface area contributed by atoms with Crippen molar-refractivity contribution in [3.05, 3.63) is 44.5 Å². The van der Waals surface area contributed by atoms with Crippen LogP contribution in [-0.4, -0.2) is 19.3 Å². The third kappa shape index (κ3) is 2.06. The molecule has 0 aromatic carbocycles. The first-order chi connectivity index (χ1) is 9.06. The van der Waals surface area contributed by atoms with Crippen molar-refractivity contribution < 1.29 is 0 Å². The highest BCUT2D eigenvalue weighted by molar-refractivity contribution is 7.18. The van der Waals surface area contributed by atoms with E-state index < -0.39 is 0 Å². The summed E-state index contributed by atoms with van der Waals surface area (Å²) in [6.07, 6.45) is 4.76. The van der Waals surface area contributed by atoms with Gasteiger partial charge in [0.05, 0.1) is 16.6 Å². The molecule has 0 aliphatic rings. The Kier molecular flexibility index (Phi) is 2.91. The van der Waals surface area contributed by atoms with Crippen LogP contribution in [0.1, 0.15) is 10.4 Å². The lowest BCUT2D eigenvalue weighted by molar-refractivity contribution is 0.531. The number of thiophene rings is 1. The van der Waals surface area contributed by atoms with Crippen molar-refractivity contribution in [1.82, 2.24) is 19.3 Å². The average molecular weight is 295 g/mol. The quantitative estimate of drug-likeness (QED) is 0.729. The lowest BCUT2D eigenvalue weighted by Gasteiger charge is -2.05. The zero-order chi connectivity index (χ0) is 13.6. The van der Waals surface area contributed by atoms with Crippen molar-refractivity contribution >= 4 is 33.2 Å². The van der Waals surface area contributed by atoms with Gasteiger partial charge in [0.25, 0.3) is 5.56 Å². The van der Waals surface area contributed by atoms with Gasteiger partial charge in [0.1, 0.15) is 17.8 Å². The number of hydrogen-bond donors (Lipinski definition) is 0. The summed E-state index contributed by atoms with van der Waals surface area (Å²) in [6, 6.07) is 0. The zero-order valence-electron chi connectivity index (χ0n) is 10.4. The van der Waals surface area contributed by atoms with Gasteiger partial charge in [0.15, 0.2) is 0 Å².